The summed E-state index contributed by atoms with van der Waals surface area (Å²) in [6.07, 6.45) is 0.721. The first-order valence-electron chi connectivity index (χ1n) is 10.6. The normalized spacial score (nSPS) is 11.5. The minimum Gasteiger partial charge on any atom is -0.493 e. The van der Waals surface area contributed by atoms with Crippen LogP contribution in [0.4, 0.5) is 0 Å². The monoisotopic (exact) mass is 462 g/mol. The molecule has 1 aromatic carbocycles. The van der Waals surface area contributed by atoms with Crippen molar-refractivity contribution in [2.45, 2.75) is 39.3 Å². The molecule has 0 fully saturated rings. The highest BCUT2D eigenvalue weighted by molar-refractivity contribution is 7.09. The minimum absolute atomic E-state index is 0.194. The van der Waals surface area contributed by atoms with E-state index in [2.05, 4.69) is 0 Å². The molecule has 0 aliphatic heterocycles. The Labute approximate surface area is 192 Å². The van der Waals surface area contributed by atoms with Gasteiger partial charge in [0.25, 0.3) is 0 Å². The van der Waals surface area contributed by atoms with Gasteiger partial charge in [0.1, 0.15) is 18.3 Å². The average Bonchev–Trinajstić information content (AvgIpc) is 3.29. The summed E-state index contributed by atoms with van der Waals surface area (Å²) in [7, 11) is 0. The van der Waals surface area contributed by atoms with E-state index in [-0.39, 0.29) is 38.7 Å². The molecule has 1 aromatic heterocycles. The van der Waals surface area contributed by atoms with Gasteiger partial charge in [0.15, 0.2) is 0 Å². The van der Waals surface area contributed by atoms with Crippen LogP contribution in [0.1, 0.15) is 43.2 Å². The van der Waals surface area contributed by atoms with Gasteiger partial charge in [-0.15, -0.1) is 11.3 Å². The van der Waals surface area contributed by atoms with Crippen molar-refractivity contribution in [3.63, 3.8) is 0 Å². The molecular weight excluding hydrogens is 432 g/mol. The molecule has 2 rings (SSSR count). The van der Waals surface area contributed by atoms with Gasteiger partial charge in [-0.05, 0) is 37.8 Å². The number of rotatable bonds is 13. The van der Waals surface area contributed by atoms with Gasteiger partial charge in [0.05, 0.1) is 26.4 Å². The Balaban J connectivity index is 2.09. The van der Waals surface area contributed by atoms with Gasteiger partial charge in [0, 0.05) is 16.9 Å². The highest BCUT2D eigenvalue weighted by atomic mass is 32.1. The number of esters is 2. The number of benzene rings is 1. The Kier molecular flexibility index (Phi) is 10.7. The van der Waals surface area contributed by atoms with Crippen molar-refractivity contribution in [3.8, 4) is 5.75 Å². The first kappa shape index (κ1) is 25.4. The van der Waals surface area contributed by atoms with Crippen molar-refractivity contribution < 1.29 is 28.6 Å². The summed E-state index contributed by atoms with van der Waals surface area (Å²) >= 11 is 1.49. The van der Waals surface area contributed by atoms with E-state index >= 15 is 0 Å². The van der Waals surface area contributed by atoms with Crippen molar-refractivity contribution in [2.75, 3.05) is 26.4 Å². The van der Waals surface area contributed by atoms with E-state index in [4.69, 9.17) is 19.9 Å². The van der Waals surface area contributed by atoms with Crippen LogP contribution in [0.5, 0.6) is 5.75 Å². The predicted molar refractivity (Wildman–Crippen MR) is 121 cm³/mol. The number of hydrogen-bond acceptors (Lipinski definition) is 8. The van der Waals surface area contributed by atoms with Crippen LogP contribution in [0.2, 0.25) is 0 Å². The van der Waals surface area contributed by atoms with Crippen molar-refractivity contribution in [1.82, 2.24) is 4.90 Å². The molecule has 1 amide bonds. The highest BCUT2D eigenvalue weighted by Gasteiger charge is 2.27. The van der Waals surface area contributed by atoms with Crippen LogP contribution in [-0.4, -0.2) is 49.1 Å². The molecule has 0 saturated heterocycles. The molecule has 0 spiro atoms. The molecule has 9 heteroatoms. The zero-order valence-electron chi connectivity index (χ0n) is 18.5. The number of thiophene rings is 1. The molecule has 1 unspecified atom stereocenters. The summed E-state index contributed by atoms with van der Waals surface area (Å²) in [4.78, 5) is 39.1. The fourth-order valence-corrected chi connectivity index (χ4v) is 3.71. The maximum atomic E-state index is 13.2. The molecule has 0 aliphatic carbocycles. The molecule has 2 aromatic rings. The summed E-state index contributed by atoms with van der Waals surface area (Å²) in [5.74, 6) is -0.717. The van der Waals surface area contributed by atoms with E-state index in [1.807, 2.05) is 17.5 Å². The maximum Gasteiger partial charge on any atom is 0.325 e. The van der Waals surface area contributed by atoms with Crippen LogP contribution in [0.25, 0.3) is 0 Å². The number of para-hydroxylation sites is 1. The molecule has 32 heavy (non-hydrogen) atoms. The van der Waals surface area contributed by atoms with Crippen molar-refractivity contribution >= 4 is 29.2 Å². The van der Waals surface area contributed by atoms with E-state index < -0.39 is 17.9 Å². The third kappa shape index (κ3) is 7.97. The molecule has 2 N–H and O–H groups in total. The van der Waals surface area contributed by atoms with E-state index in [9.17, 15) is 14.4 Å². The number of amides is 1. The van der Waals surface area contributed by atoms with Gasteiger partial charge < -0.3 is 24.8 Å². The summed E-state index contributed by atoms with van der Waals surface area (Å²) < 4.78 is 15.7. The summed E-state index contributed by atoms with van der Waals surface area (Å²) in [6, 6.07) is 9.74. The second kappa shape index (κ2) is 13.5. The van der Waals surface area contributed by atoms with Crippen LogP contribution in [0.3, 0.4) is 0 Å². The van der Waals surface area contributed by atoms with Gasteiger partial charge in [-0.25, -0.2) is 0 Å². The smallest absolute Gasteiger partial charge is 0.325 e. The zero-order chi connectivity index (χ0) is 23.3. The SMILES string of the molecule is CCOC(=O)CCCOc1ccccc1C(N)C(=O)N(CC(=O)OCC)Cc1cccs1. The molecule has 0 bridgehead atoms. The second-order valence-electron chi connectivity index (χ2n) is 6.85. The number of nitrogens with two attached hydrogens (primary N) is 1. The quantitative estimate of drug-likeness (QED) is 0.360. The highest BCUT2D eigenvalue weighted by Crippen LogP contribution is 2.26. The zero-order valence-corrected chi connectivity index (χ0v) is 19.3. The van der Waals surface area contributed by atoms with Gasteiger partial charge in [0.2, 0.25) is 5.91 Å². The topological polar surface area (TPSA) is 108 Å². The fourth-order valence-electron chi connectivity index (χ4n) is 3.00. The van der Waals surface area contributed by atoms with Gasteiger partial charge in [-0.3, -0.25) is 14.4 Å². The van der Waals surface area contributed by atoms with Crippen LogP contribution in [0, 0.1) is 0 Å². The average molecular weight is 463 g/mol. The second-order valence-corrected chi connectivity index (χ2v) is 7.88. The lowest BCUT2D eigenvalue weighted by atomic mass is 10.0. The van der Waals surface area contributed by atoms with Crippen molar-refractivity contribution in [3.05, 3.63) is 52.2 Å². The predicted octanol–water partition coefficient (Wildman–Crippen LogP) is 3.06. The largest absolute Gasteiger partial charge is 0.493 e. The lowest BCUT2D eigenvalue weighted by Crippen LogP contribution is -2.41. The number of hydrogen-bond donors (Lipinski definition) is 1. The molecule has 0 aliphatic rings. The fraction of sp³-hybridized carbons (Fsp3) is 0.435. The van der Waals surface area contributed by atoms with E-state index in [1.54, 1.807) is 38.1 Å². The van der Waals surface area contributed by atoms with Crippen LogP contribution in [0.15, 0.2) is 41.8 Å². The lowest BCUT2D eigenvalue weighted by molar-refractivity contribution is -0.149. The van der Waals surface area contributed by atoms with E-state index in [1.165, 1.54) is 16.2 Å². The van der Waals surface area contributed by atoms with E-state index in [0.717, 1.165) is 4.88 Å². The molecule has 1 atom stereocenters. The molecule has 0 saturated carbocycles. The number of ether oxygens (including phenoxy) is 3. The van der Waals surface area contributed by atoms with Crippen molar-refractivity contribution in [2.24, 2.45) is 5.73 Å². The molecular formula is C23H30N2O6S. The Bertz CT molecular complexity index is 871. The lowest BCUT2D eigenvalue weighted by Gasteiger charge is -2.25. The van der Waals surface area contributed by atoms with Crippen LogP contribution < -0.4 is 10.5 Å². The number of nitrogens with zero attached hydrogens (tertiary/aromatic N) is 1. The summed E-state index contributed by atoms with van der Waals surface area (Å²) in [5, 5.41) is 1.90. The van der Waals surface area contributed by atoms with E-state index in [0.29, 0.717) is 24.3 Å². The third-order valence-electron chi connectivity index (χ3n) is 4.47. The molecule has 8 nitrogen and oxygen atoms in total. The van der Waals surface area contributed by atoms with Crippen LogP contribution in [-0.2, 0) is 30.4 Å². The summed E-state index contributed by atoms with van der Waals surface area (Å²) in [5.41, 5.74) is 6.82. The Morgan fingerprint density at radius 2 is 1.75 bits per heavy atom. The third-order valence-corrected chi connectivity index (χ3v) is 5.33. The number of carbonyl (C=O) groups is 3. The molecule has 1 heterocycles. The Morgan fingerprint density at radius 3 is 2.44 bits per heavy atom. The van der Waals surface area contributed by atoms with Gasteiger partial charge >= 0.3 is 11.9 Å². The molecule has 174 valence electrons. The summed E-state index contributed by atoms with van der Waals surface area (Å²) in [6.45, 7) is 4.38. The minimum atomic E-state index is -1.02. The maximum absolute atomic E-state index is 13.2. The first-order chi connectivity index (χ1) is 15.5. The van der Waals surface area contributed by atoms with Gasteiger partial charge in [-0.2, -0.15) is 0 Å². The molecule has 0 radical (unpaired) electrons. The Morgan fingerprint density at radius 1 is 1.03 bits per heavy atom. The standard InChI is InChI=1S/C23H30N2O6S/c1-3-29-20(26)12-7-13-31-19-11-6-5-10-18(19)22(24)23(28)25(16-21(27)30-4-2)15-17-9-8-14-32-17/h5-6,8-11,14,22H,3-4,7,12-13,15-16,24H2,1-2H3. The number of carbonyl (C=O) groups excluding carboxylic acids is 3. The van der Waals surface area contributed by atoms with Gasteiger partial charge in [-0.1, -0.05) is 24.3 Å². The van der Waals surface area contributed by atoms with Crippen LogP contribution >= 0.6 is 11.3 Å². The first-order valence-corrected chi connectivity index (χ1v) is 11.4. The Hall–Kier alpha value is -2.91. The van der Waals surface area contributed by atoms with Crippen molar-refractivity contribution in [1.29, 1.82) is 0 Å².